The Morgan fingerprint density at radius 2 is 2.15 bits per heavy atom. The van der Waals surface area contributed by atoms with Crippen LogP contribution in [0.4, 0.5) is 13.2 Å². The van der Waals surface area contributed by atoms with Gasteiger partial charge in [-0.3, -0.25) is 10.1 Å². The molecule has 0 aliphatic rings. The summed E-state index contributed by atoms with van der Waals surface area (Å²) < 4.78 is 40.6. The second-order valence-corrected chi connectivity index (χ2v) is 6.79. The highest BCUT2D eigenvalue weighted by atomic mass is 35.5. The molecule has 3 heterocycles. The maximum atomic E-state index is 13.0. The van der Waals surface area contributed by atoms with Gasteiger partial charge in [-0.05, 0) is 29.5 Å². The first-order valence-electron chi connectivity index (χ1n) is 7.45. The Hall–Kier alpha value is -2.10. The number of carboxylic acids is 1. The molecule has 0 amide bonds. The Balaban J connectivity index is 1.76. The SMILES string of the molecule is O=C(O)C(Cc1cscc1C(F)(F)F)NCc1cnc2ccc(Cl)cn12. The summed E-state index contributed by atoms with van der Waals surface area (Å²) in [4.78, 5) is 15.7. The van der Waals surface area contributed by atoms with E-state index in [0.717, 1.165) is 16.7 Å². The number of hydrogen-bond acceptors (Lipinski definition) is 4. The predicted molar refractivity (Wildman–Crippen MR) is 91.5 cm³/mol. The standard InChI is InChI=1S/C16H13ClF3N3O2S/c17-10-1-2-14-22-5-11(23(14)6-10)4-21-13(15(24)25)3-9-7-26-8-12(9)16(18,19)20/h1-2,5-8,13,21H,3-4H2,(H,24,25). The molecule has 1 atom stereocenters. The highest BCUT2D eigenvalue weighted by Gasteiger charge is 2.35. The highest BCUT2D eigenvalue weighted by Crippen LogP contribution is 2.34. The number of aromatic nitrogens is 2. The van der Waals surface area contributed by atoms with Crippen molar-refractivity contribution < 1.29 is 23.1 Å². The van der Waals surface area contributed by atoms with E-state index in [2.05, 4.69) is 10.3 Å². The summed E-state index contributed by atoms with van der Waals surface area (Å²) in [6.07, 6.45) is -1.58. The molecule has 0 aliphatic heterocycles. The molecule has 10 heteroatoms. The van der Waals surface area contributed by atoms with E-state index in [-0.39, 0.29) is 18.5 Å². The molecule has 0 spiro atoms. The van der Waals surface area contributed by atoms with Crippen LogP contribution in [0.3, 0.4) is 0 Å². The van der Waals surface area contributed by atoms with Gasteiger partial charge >= 0.3 is 12.1 Å². The van der Waals surface area contributed by atoms with E-state index in [0.29, 0.717) is 16.4 Å². The number of nitrogens with one attached hydrogen (secondary N) is 1. The van der Waals surface area contributed by atoms with E-state index in [1.165, 1.54) is 5.38 Å². The molecular formula is C16H13ClF3N3O2S. The van der Waals surface area contributed by atoms with Crippen molar-refractivity contribution in [1.29, 1.82) is 0 Å². The third-order valence-electron chi connectivity index (χ3n) is 3.85. The van der Waals surface area contributed by atoms with Crippen LogP contribution in [0.1, 0.15) is 16.8 Å². The molecule has 0 fully saturated rings. The summed E-state index contributed by atoms with van der Waals surface area (Å²) in [5.41, 5.74) is 0.450. The van der Waals surface area contributed by atoms with E-state index in [1.807, 2.05) is 0 Å². The maximum absolute atomic E-state index is 13.0. The first-order chi connectivity index (χ1) is 12.3. The fourth-order valence-electron chi connectivity index (χ4n) is 2.56. The van der Waals surface area contributed by atoms with Crippen LogP contribution in [0.2, 0.25) is 5.02 Å². The van der Waals surface area contributed by atoms with Crippen LogP contribution in [0.25, 0.3) is 5.65 Å². The van der Waals surface area contributed by atoms with Gasteiger partial charge in [0.05, 0.1) is 22.5 Å². The topological polar surface area (TPSA) is 66.6 Å². The van der Waals surface area contributed by atoms with Crippen molar-refractivity contribution in [1.82, 2.24) is 14.7 Å². The zero-order valence-corrected chi connectivity index (χ0v) is 14.7. The third-order valence-corrected chi connectivity index (χ3v) is 4.86. The van der Waals surface area contributed by atoms with Crippen LogP contribution in [-0.4, -0.2) is 26.5 Å². The van der Waals surface area contributed by atoms with Gasteiger partial charge in [0.2, 0.25) is 0 Å². The van der Waals surface area contributed by atoms with E-state index in [9.17, 15) is 23.1 Å². The Kier molecular flexibility index (Phi) is 5.22. The van der Waals surface area contributed by atoms with Gasteiger partial charge in [-0.2, -0.15) is 24.5 Å². The Bertz CT molecular complexity index is 938. The molecule has 0 radical (unpaired) electrons. The molecule has 1 unspecified atom stereocenters. The van der Waals surface area contributed by atoms with Crippen LogP contribution < -0.4 is 5.32 Å². The van der Waals surface area contributed by atoms with Crippen LogP contribution in [-0.2, 0) is 23.9 Å². The average molecular weight is 404 g/mol. The van der Waals surface area contributed by atoms with Crippen LogP contribution in [0.5, 0.6) is 0 Å². The average Bonchev–Trinajstić information content (AvgIpc) is 3.17. The van der Waals surface area contributed by atoms with Crippen molar-refractivity contribution in [3.63, 3.8) is 0 Å². The molecule has 138 valence electrons. The summed E-state index contributed by atoms with van der Waals surface area (Å²) in [6, 6.07) is 2.22. The summed E-state index contributed by atoms with van der Waals surface area (Å²) in [5, 5.41) is 15.0. The van der Waals surface area contributed by atoms with E-state index in [1.54, 1.807) is 28.9 Å². The highest BCUT2D eigenvalue weighted by molar-refractivity contribution is 7.08. The number of halogens is 4. The predicted octanol–water partition coefficient (Wildman–Crippen LogP) is 3.85. The number of rotatable bonds is 6. The largest absolute Gasteiger partial charge is 0.480 e. The summed E-state index contributed by atoms with van der Waals surface area (Å²) in [7, 11) is 0. The number of hydrogen-bond donors (Lipinski definition) is 2. The lowest BCUT2D eigenvalue weighted by atomic mass is 10.0. The zero-order valence-electron chi connectivity index (χ0n) is 13.1. The molecule has 0 bridgehead atoms. The minimum atomic E-state index is -4.50. The molecule has 2 N–H and O–H groups in total. The lowest BCUT2D eigenvalue weighted by Crippen LogP contribution is -2.38. The molecule has 0 saturated heterocycles. The number of imidazole rings is 1. The molecule has 3 rings (SSSR count). The number of carboxylic acid groups (broad SMARTS) is 1. The summed E-state index contributed by atoms with van der Waals surface area (Å²) in [6.45, 7) is 0.115. The third kappa shape index (κ3) is 4.00. The fourth-order valence-corrected chi connectivity index (χ4v) is 3.60. The van der Waals surface area contributed by atoms with Gasteiger partial charge in [-0.1, -0.05) is 11.6 Å². The number of aliphatic carboxylic acids is 1. The van der Waals surface area contributed by atoms with Crippen LogP contribution in [0.15, 0.2) is 35.3 Å². The molecule has 0 aliphatic carbocycles. The number of nitrogens with zero attached hydrogens (tertiary/aromatic N) is 2. The fraction of sp³-hybridized carbons (Fsp3) is 0.250. The van der Waals surface area contributed by atoms with Crippen molar-refractivity contribution in [3.05, 3.63) is 57.1 Å². The van der Waals surface area contributed by atoms with Gasteiger partial charge in [-0.15, -0.1) is 0 Å². The smallest absolute Gasteiger partial charge is 0.417 e. The first kappa shape index (κ1) is 18.7. The molecule has 3 aromatic heterocycles. The Morgan fingerprint density at radius 3 is 2.85 bits per heavy atom. The first-order valence-corrected chi connectivity index (χ1v) is 8.77. The second-order valence-electron chi connectivity index (χ2n) is 5.61. The molecule has 5 nitrogen and oxygen atoms in total. The number of alkyl halides is 3. The lowest BCUT2D eigenvalue weighted by Gasteiger charge is -2.16. The zero-order chi connectivity index (χ0) is 18.9. The Morgan fingerprint density at radius 1 is 1.38 bits per heavy atom. The number of carbonyl (C=O) groups is 1. The van der Waals surface area contributed by atoms with Crippen LogP contribution >= 0.6 is 22.9 Å². The van der Waals surface area contributed by atoms with Gasteiger partial charge in [0, 0.05) is 18.1 Å². The monoisotopic (exact) mass is 403 g/mol. The lowest BCUT2D eigenvalue weighted by molar-refractivity contribution is -0.141. The van der Waals surface area contributed by atoms with Gasteiger partial charge in [-0.25, -0.2) is 4.98 Å². The van der Waals surface area contributed by atoms with Gasteiger partial charge in [0.25, 0.3) is 0 Å². The van der Waals surface area contributed by atoms with Crippen molar-refractivity contribution >= 4 is 34.6 Å². The second kappa shape index (κ2) is 7.26. The van der Waals surface area contributed by atoms with Crippen molar-refractivity contribution in [2.24, 2.45) is 0 Å². The molecule has 0 aromatic carbocycles. The van der Waals surface area contributed by atoms with E-state index >= 15 is 0 Å². The summed E-state index contributed by atoms with van der Waals surface area (Å²) >= 11 is 6.84. The maximum Gasteiger partial charge on any atom is 0.417 e. The number of pyridine rings is 1. The van der Waals surface area contributed by atoms with Crippen molar-refractivity contribution in [2.75, 3.05) is 0 Å². The quantitative estimate of drug-likeness (QED) is 0.656. The van der Waals surface area contributed by atoms with Gasteiger partial charge < -0.3 is 9.51 Å². The van der Waals surface area contributed by atoms with Crippen molar-refractivity contribution in [2.45, 2.75) is 25.2 Å². The normalized spacial score (nSPS) is 13.2. The van der Waals surface area contributed by atoms with E-state index < -0.39 is 23.8 Å². The molecule has 3 aromatic rings. The Labute approximate surface area is 155 Å². The van der Waals surface area contributed by atoms with Gasteiger partial charge in [0.15, 0.2) is 0 Å². The number of thiophene rings is 1. The van der Waals surface area contributed by atoms with Crippen molar-refractivity contribution in [3.8, 4) is 0 Å². The van der Waals surface area contributed by atoms with Gasteiger partial charge in [0.1, 0.15) is 11.7 Å². The minimum Gasteiger partial charge on any atom is -0.480 e. The molecule has 26 heavy (non-hydrogen) atoms. The van der Waals surface area contributed by atoms with E-state index in [4.69, 9.17) is 11.6 Å². The molecular weight excluding hydrogens is 391 g/mol. The number of fused-ring (bicyclic) bond motifs is 1. The minimum absolute atomic E-state index is 0.0383. The summed E-state index contributed by atoms with van der Waals surface area (Å²) in [5.74, 6) is -1.23. The van der Waals surface area contributed by atoms with Crippen LogP contribution in [0, 0.1) is 0 Å². The molecule has 0 saturated carbocycles.